The van der Waals surface area contributed by atoms with Crippen LogP contribution in [0.2, 0.25) is 0 Å². The number of hydrogen-bond acceptors (Lipinski definition) is 6. The second-order valence-electron chi connectivity index (χ2n) is 8.54. The second kappa shape index (κ2) is 13.0. The fourth-order valence-corrected chi connectivity index (χ4v) is 3.42. The third-order valence-corrected chi connectivity index (χ3v) is 5.45. The number of carboxylic acids is 1. The van der Waals surface area contributed by atoms with Crippen LogP contribution in [0.3, 0.4) is 0 Å². The van der Waals surface area contributed by atoms with Crippen LogP contribution in [0.25, 0.3) is 0 Å². The van der Waals surface area contributed by atoms with Crippen molar-refractivity contribution >= 4 is 11.9 Å². The molecule has 0 heterocycles. The Morgan fingerprint density at radius 3 is 2.46 bits per heavy atom. The van der Waals surface area contributed by atoms with Crippen LogP contribution >= 0.6 is 0 Å². The van der Waals surface area contributed by atoms with Gasteiger partial charge >= 0.3 is 17.9 Å². The first-order valence-corrected chi connectivity index (χ1v) is 11.4. The van der Waals surface area contributed by atoms with E-state index >= 15 is 0 Å². The molecule has 7 nitrogen and oxygen atoms in total. The van der Waals surface area contributed by atoms with Gasteiger partial charge in [0.25, 0.3) is 0 Å². The molecule has 192 valence electrons. The SMILES string of the molecule is COc1cccc(CCc2ccccc2O[C@@H](CC(C)OC(=O)CCC(F)(F)C(=O)O)N(C)C)c1. The molecule has 0 amide bonds. The zero-order chi connectivity index (χ0) is 26.0. The van der Waals surface area contributed by atoms with Gasteiger partial charge in [0.1, 0.15) is 17.6 Å². The molecule has 0 aromatic heterocycles. The summed E-state index contributed by atoms with van der Waals surface area (Å²) in [6.07, 6.45) is -1.05. The lowest BCUT2D eigenvalue weighted by molar-refractivity contribution is -0.167. The topological polar surface area (TPSA) is 85.3 Å². The Balaban J connectivity index is 1.98. The Labute approximate surface area is 204 Å². The van der Waals surface area contributed by atoms with Gasteiger partial charge in [0, 0.05) is 12.8 Å². The molecule has 2 aromatic carbocycles. The van der Waals surface area contributed by atoms with Crippen molar-refractivity contribution < 1.29 is 37.7 Å². The smallest absolute Gasteiger partial charge is 0.374 e. The average Bonchev–Trinajstić information content (AvgIpc) is 2.81. The van der Waals surface area contributed by atoms with Crippen LogP contribution in [0.15, 0.2) is 48.5 Å². The lowest BCUT2D eigenvalue weighted by Gasteiger charge is -2.28. The number of aryl methyl sites for hydroxylation is 2. The highest BCUT2D eigenvalue weighted by Gasteiger charge is 2.39. The van der Waals surface area contributed by atoms with Gasteiger partial charge in [0.05, 0.1) is 13.5 Å². The third-order valence-electron chi connectivity index (χ3n) is 5.45. The molecule has 0 fully saturated rings. The second-order valence-corrected chi connectivity index (χ2v) is 8.54. The molecule has 2 aromatic rings. The van der Waals surface area contributed by atoms with Crippen LogP contribution in [0.5, 0.6) is 11.5 Å². The highest BCUT2D eigenvalue weighted by atomic mass is 19.3. The monoisotopic (exact) mass is 493 g/mol. The number of ether oxygens (including phenoxy) is 3. The predicted molar refractivity (Wildman–Crippen MR) is 127 cm³/mol. The molecule has 0 saturated carbocycles. The highest BCUT2D eigenvalue weighted by Crippen LogP contribution is 2.25. The molecule has 0 aliphatic carbocycles. The minimum absolute atomic E-state index is 0.290. The van der Waals surface area contributed by atoms with Crippen LogP contribution in [-0.2, 0) is 27.2 Å². The summed E-state index contributed by atoms with van der Waals surface area (Å²) >= 11 is 0. The van der Waals surface area contributed by atoms with Gasteiger partial charge in [-0.05, 0) is 63.2 Å². The van der Waals surface area contributed by atoms with Gasteiger partial charge in [0.15, 0.2) is 6.23 Å². The molecule has 0 radical (unpaired) electrons. The number of rotatable bonds is 14. The van der Waals surface area contributed by atoms with Crippen molar-refractivity contribution in [3.63, 3.8) is 0 Å². The van der Waals surface area contributed by atoms with Crippen molar-refractivity contribution in [1.82, 2.24) is 4.90 Å². The largest absolute Gasteiger partial charge is 0.497 e. The van der Waals surface area contributed by atoms with E-state index in [9.17, 15) is 18.4 Å². The van der Waals surface area contributed by atoms with Gasteiger partial charge < -0.3 is 19.3 Å². The lowest BCUT2D eigenvalue weighted by atomic mass is 10.0. The van der Waals surface area contributed by atoms with E-state index in [0.29, 0.717) is 5.75 Å². The van der Waals surface area contributed by atoms with Crippen molar-refractivity contribution in [1.29, 1.82) is 0 Å². The quantitative estimate of drug-likeness (QED) is 0.305. The summed E-state index contributed by atoms with van der Waals surface area (Å²) in [7, 11) is 5.28. The first-order chi connectivity index (χ1) is 16.5. The summed E-state index contributed by atoms with van der Waals surface area (Å²) in [5.74, 6) is -5.60. The number of carbonyl (C=O) groups excluding carboxylic acids is 1. The van der Waals surface area contributed by atoms with Crippen LogP contribution in [0, 0.1) is 0 Å². The van der Waals surface area contributed by atoms with Gasteiger partial charge in [-0.3, -0.25) is 9.69 Å². The van der Waals surface area contributed by atoms with E-state index in [1.54, 1.807) is 14.0 Å². The van der Waals surface area contributed by atoms with Crippen molar-refractivity contribution in [2.75, 3.05) is 21.2 Å². The Kier molecular flexibility index (Phi) is 10.4. The molecule has 0 aliphatic rings. The van der Waals surface area contributed by atoms with Crippen molar-refractivity contribution in [3.8, 4) is 11.5 Å². The zero-order valence-electron chi connectivity index (χ0n) is 20.5. The van der Waals surface area contributed by atoms with E-state index in [1.807, 2.05) is 67.5 Å². The van der Waals surface area contributed by atoms with Crippen LogP contribution in [0.4, 0.5) is 8.78 Å². The highest BCUT2D eigenvalue weighted by molar-refractivity contribution is 5.77. The number of benzene rings is 2. The lowest BCUT2D eigenvalue weighted by Crippen LogP contribution is -2.37. The third kappa shape index (κ3) is 9.16. The van der Waals surface area contributed by atoms with Gasteiger partial charge in [0.2, 0.25) is 0 Å². The summed E-state index contributed by atoms with van der Waals surface area (Å²) < 4.78 is 43.2. The van der Waals surface area contributed by atoms with Gasteiger partial charge in [-0.1, -0.05) is 30.3 Å². The van der Waals surface area contributed by atoms with E-state index in [2.05, 4.69) is 0 Å². The van der Waals surface area contributed by atoms with Crippen molar-refractivity contribution in [3.05, 3.63) is 59.7 Å². The molecule has 2 atom stereocenters. The normalized spacial score (nSPS) is 13.2. The first kappa shape index (κ1) is 28.0. The molecule has 1 N–H and O–H groups in total. The zero-order valence-corrected chi connectivity index (χ0v) is 20.5. The van der Waals surface area contributed by atoms with Crippen LogP contribution < -0.4 is 9.47 Å². The summed E-state index contributed by atoms with van der Waals surface area (Å²) in [4.78, 5) is 24.3. The number of para-hydroxylation sites is 1. The van der Waals surface area contributed by atoms with Crippen LogP contribution in [0.1, 0.15) is 37.3 Å². The standard InChI is InChI=1S/C26H33F2NO6/c1-18(34-24(30)14-15-26(27,28)25(31)32)16-23(29(2)3)35-22-11-6-5-9-20(22)13-12-19-8-7-10-21(17-19)33-4/h5-11,17-18,23H,12-16H2,1-4H3,(H,31,32)/t18?,23-/m0/s1. The predicted octanol–water partition coefficient (Wildman–Crippen LogP) is 4.57. The Hall–Kier alpha value is -3.20. The fourth-order valence-electron chi connectivity index (χ4n) is 3.42. The molecule has 0 spiro atoms. The summed E-state index contributed by atoms with van der Waals surface area (Å²) in [5.41, 5.74) is 2.15. The number of aliphatic carboxylic acids is 1. The van der Waals surface area contributed by atoms with Gasteiger partial charge in [-0.25, -0.2) is 4.79 Å². The van der Waals surface area contributed by atoms with Gasteiger partial charge in [-0.2, -0.15) is 8.78 Å². The molecular formula is C26H33F2NO6. The maximum atomic E-state index is 13.2. The molecular weight excluding hydrogens is 460 g/mol. The Bertz CT molecular complexity index is 982. The number of esters is 1. The number of alkyl halides is 2. The van der Waals surface area contributed by atoms with E-state index < -0.39 is 43.0 Å². The maximum absolute atomic E-state index is 13.2. The average molecular weight is 494 g/mol. The van der Waals surface area contributed by atoms with Crippen molar-refractivity contribution in [2.45, 2.75) is 57.3 Å². The minimum atomic E-state index is -3.97. The number of nitrogens with zero attached hydrogens (tertiary/aromatic N) is 1. The fraction of sp³-hybridized carbons (Fsp3) is 0.462. The number of carbonyl (C=O) groups is 2. The minimum Gasteiger partial charge on any atom is -0.497 e. The van der Waals surface area contributed by atoms with Crippen LogP contribution in [-0.4, -0.2) is 61.4 Å². The molecule has 2 rings (SSSR count). The van der Waals surface area contributed by atoms with E-state index in [0.717, 1.165) is 29.7 Å². The molecule has 0 aliphatic heterocycles. The molecule has 9 heteroatoms. The van der Waals surface area contributed by atoms with Crippen molar-refractivity contribution in [2.24, 2.45) is 0 Å². The number of methoxy groups -OCH3 is 1. The summed E-state index contributed by atoms with van der Waals surface area (Å²) in [5, 5.41) is 8.48. The number of halogens is 2. The molecule has 35 heavy (non-hydrogen) atoms. The first-order valence-electron chi connectivity index (χ1n) is 11.4. The van der Waals surface area contributed by atoms with Gasteiger partial charge in [-0.15, -0.1) is 0 Å². The summed E-state index contributed by atoms with van der Waals surface area (Å²) in [6.45, 7) is 1.64. The number of hydrogen-bond donors (Lipinski definition) is 1. The molecule has 1 unspecified atom stereocenters. The van der Waals surface area contributed by atoms with E-state index in [4.69, 9.17) is 19.3 Å². The van der Waals surface area contributed by atoms with E-state index in [-0.39, 0.29) is 6.42 Å². The van der Waals surface area contributed by atoms with E-state index in [1.165, 1.54) is 0 Å². The maximum Gasteiger partial charge on any atom is 0.374 e. The Morgan fingerprint density at radius 2 is 1.80 bits per heavy atom. The Morgan fingerprint density at radius 1 is 1.09 bits per heavy atom. The molecule has 0 saturated heterocycles. The molecule has 0 bridgehead atoms. The number of carboxylic acid groups (broad SMARTS) is 1. The summed E-state index contributed by atoms with van der Waals surface area (Å²) in [6, 6.07) is 15.6.